The first-order chi connectivity index (χ1) is 10.8. The molecule has 1 fully saturated rings. The predicted octanol–water partition coefficient (Wildman–Crippen LogP) is 3.43. The lowest BCUT2D eigenvalue weighted by Crippen LogP contribution is -2.38. The lowest BCUT2D eigenvalue weighted by atomic mass is 9.88. The number of nitrogens with zero attached hydrogens (tertiary/aromatic N) is 1. The molecule has 2 aromatic rings. The Balaban J connectivity index is 1.71. The van der Waals surface area contributed by atoms with Crippen molar-refractivity contribution >= 4 is 22.4 Å². The van der Waals surface area contributed by atoms with Gasteiger partial charge in [0.15, 0.2) is 0 Å². The van der Waals surface area contributed by atoms with Gasteiger partial charge in [0.1, 0.15) is 0 Å². The monoisotopic (exact) mass is 317 g/mol. The standard InChI is InChI=1S/C16H19N3O2S/c20-16(18-14-4-2-10-22-14)19-15(12-5-8-21-9-6-12)13-3-1-7-17-11-13/h1-4,7,10-12,15H,5-6,8-9H2,(H2,18,19,20). The number of ether oxygens (including phenoxy) is 1. The molecule has 0 saturated carbocycles. The van der Waals surface area contributed by atoms with E-state index in [2.05, 4.69) is 15.6 Å². The lowest BCUT2D eigenvalue weighted by Gasteiger charge is -2.31. The zero-order valence-electron chi connectivity index (χ0n) is 12.2. The molecule has 1 aliphatic heterocycles. The molecule has 1 saturated heterocycles. The maximum atomic E-state index is 12.3. The van der Waals surface area contributed by atoms with E-state index >= 15 is 0 Å². The smallest absolute Gasteiger partial charge is 0.320 e. The highest BCUT2D eigenvalue weighted by atomic mass is 32.1. The Morgan fingerprint density at radius 3 is 2.86 bits per heavy atom. The molecule has 3 rings (SSSR count). The second-order valence-corrected chi connectivity index (χ2v) is 6.24. The van der Waals surface area contributed by atoms with Gasteiger partial charge in [-0.05, 0) is 47.9 Å². The summed E-state index contributed by atoms with van der Waals surface area (Å²) in [6.07, 6.45) is 5.46. The SMILES string of the molecule is O=C(Nc1cccs1)NC(c1cccnc1)C1CCOCC1. The van der Waals surface area contributed by atoms with E-state index < -0.39 is 0 Å². The molecular formula is C16H19N3O2S. The highest BCUT2D eigenvalue weighted by molar-refractivity contribution is 7.14. The van der Waals surface area contributed by atoms with E-state index in [9.17, 15) is 4.79 Å². The molecule has 116 valence electrons. The van der Waals surface area contributed by atoms with Crippen molar-refractivity contribution in [3.63, 3.8) is 0 Å². The van der Waals surface area contributed by atoms with Crippen molar-refractivity contribution in [3.05, 3.63) is 47.6 Å². The van der Waals surface area contributed by atoms with Crippen molar-refractivity contribution in [2.75, 3.05) is 18.5 Å². The molecule has 2 amide bonds. The third-order valence-electron chi connectivity index (χ3n) is 3.83. The van der Waals surface area contributed by atoms with Gasteiger partial charge < -0.3 is 10.1 Å². The molecule has 0 aliphatic carbocycles. The first-order valence-electron chi connectivity index (χ1n) is 7.41. The van der Waals surface area contributed by atoms with Gasteiger partial charge in [-0.25, -0.2) is 4.79 Å². The summed E-state index contributed by atoms with van der Waals surface area (Å²) < 4.78 is 5.43. The number of thiophene rings is 1. The van der Waals surface area contributed by atoms with Gasteiger partial charge in [0.05, 0.1) is 11.0 Å². The molecular weight excluding hydrogens is 298 g/mol. The van der Waals surface area contributed by atoms with Crippen LogP contribution in [-0.2, 0) is 4.74 Å². The first-order valence-corrected chi connectivity index (χ1v) is 8.29. The molecule has 0 spiro atoms. The van der Waals surface area contributed by atoms with Gasteiger partial charge in [0.25, 0.3) is 0 Å². The van der Waals surface area contributed by atoms with Crippen LogP contribution < -0.4 is 10.6 Å². The fourth-order valence-corrected chi connectivity index (χ4v) is 3.33. The maximum absolute atomic E-state index is 12.3. The molecule has 6 heteroatoms. The van der Waals surface area contributed by atoms with E-state index in [0.29, 0.717) is 5.92 Å². The van der Waals surface area contributed by atoms with E-state index in [1.54, 1.807) is 6.20 Å². The van der Waals surface area contributed by atoms with E-state index in [1.807, 2.05) is 35.8 Å². The number of nitrogens with one attached hydrogen (secondary N) is 2. The number of carbonyl (C=O) groups is 1. The van der Waals surface area contributed by atoms with Crippen molar-refractivity contribution in [2.45, 2.75) is 18.9 Å². The Kier molecular flexibility index (Phi) is 5.03. The van der Waals surface area contributed by atoms with Crippen molar-refractivity contribution in [2.24, 2.45) is 5.92 Å². The second kappa shape index (κ2) is 7.38. The van der Waals surface area contributed by atoms with Crippen LogP contribution in [0.5, 0.6) is 0 Å². The number of pyridine rings is 1. The minimum Gasteiger partial charge on any atom is -0.381 e. The quantitative estimate of drug-likeness (QED) is 0.908. The number of carbonyl (C=O) groups excluding carboxylic acids is 1. The normalized spacial score (nSPS) is 16.9. The number of hydrogen-bond acceptors (Lipinski definition) is 4. The molecule has 3 heterocycles. The Morgan fingerprint density at radius 2 is 2.18 bits per heavy atom. The summed E-state index contributed by atoms with van der Waals surface area (Å²) in [5.74, 6) is 0.368. The number of urea groups is 1. The van der Waals surface area contributed by atoms with Gasteiger partial charge >= 0.3 is 6.03 Å². The fourth-order valence-electron chi connectivity index (χ4n) is 2.72. The van der Waals surface area contributed by atoms with Gasteiger partial charge in [0.2, 0.25) is 0 Å². The second-order valence-electron chi connectivity index (χ2n) is 5.29. The predicted molar refractivity (Wildman–Crippen MR) is 87.0 cm³/mol. The highest BCUT2D eigenvalue weighted by Crippen LogP contribution is 2.30. The summed E-state index contributed by atoms with van der Waals surface area (Å²) in [6, 6.07) is 7.49. The van der Waals surface area contributed by atoms with Crippen molar-refractivity contribution < 1.29 is 9.53 Å². The molecule has 2 N–H and O–H groups in total. The average Bonchev–Trinajstić information content (AvgIpc) is 3.07. The van der Waals surface area contributed by atoms with Gasteiger partial charge in [0, 0.05) is 25.6 Å². The van der Waals surface area contributed by atoms with Crippen LogP contribution in [0, 0.1) is 5.92 Å². The molecule has 22 heavy (non-hydrogen) atoms. The van der Waals surface area contributed by atoms with Gasteiger partial charge in [-0.15, -0.1) is 11.3 Å². The van der Waals surface area contributed by atoms with E-state index in [4.69, 9.17) is 4.74 Å². The van der Waals surface area contributed by atoms with Crippen LogP contribution in [0.1, 0.15) is 24.4 Å². The van der Waals surface area contributed by atoms with Gasteiger partial charge in [-0.3, -0.25) is 10.3 Å². The van der Waals surface area contributed by atoms with Crippen LogP contribution in [0.3, 0.4) is 0 Å². The minimum atomic E-state index is -0.178. The summed E-state index contributed by atoms with van der Waals surface area (Å²) in [5.41, 5.74) is 1.04. The van der Waals surface area contributed by atoms with Crippen molar-refractivity contribution in [1.82, 2.24) is 10.3 Å². The number of anilines is 1. The molecule has 1 aliphatic rings. The Hall–Kier alpha value is -1.92. The Bertz CT molecular complexity index is 583. The summed E-state index contributed by atoms with van der Waals surface area (Å²) in [6.45, 7) is 1.49. The molecule has 1 atom stereocenters. The van der Waals surface area contributed by atoms with Gasteiger partial charge in [-0.2, -0.15) is 0 Å². The molecule has 0 bridgehead atoms. The molecule has 1 unspecified atom stereocenters. The van der Waals surface area contributed by atoms with Crippen LogP contribution in [0.2, 0.25) is 0 Å². The molecule has 5 nitrogen and oxygen atoms in total. The third-order valence-corrected chi connectivity index (χ3v) is 4.61. The maximum Gasteiger partial charge on any atom is 0.320 e. The van der Waals surface area contributed by atoms with Crippen LogP contribution >= 0.6 is 11.3 Å². The molecule has 0 radical (unpaired) electrons. The zero-order valence-corrected chi connectivity index (χ0v) is 13.0. The Labute approximate surface area is 133 Å². The highest BCUT2D eigenvalue weighted by Gasteiger charge is 2.27. The van der Waals surface area contributed by atoms with Crippen LogP contribution in [0.15, 0.2) is 42.0 Å². The molecule has 2 aromatic heterocycles. The minimum absolute atomic E-state index is 0.0439. The summed E-state index contributed by atoms with van der Waals surface area (Å²) in [5, 5.41) is 8.76. The van der Waals surface area contributed by atoms with E-state index in [-0.39, 0.29) is 12.1 Å². The van der Waals surface area contributed by atoms with E-state index in [0.717, 1.165) is 36.6 Å². The van der Waals surface area contributed by atoms with E-state index in [1.165, 1.54) is 11.3 Å². The first kappa shape index (κ1) is 15.0. The fraction of sp³-hybridized carbons (Fsp3) is 0.375. The third kappa shape index (κ3) is 3.84. The summed E-state index contributed by atoms with van der Waals surface area (Å²) in [4.78, 5) is 16.5. The lowest BCUT2D eigenvalue weighted by molar-refractivity contribution is 0.0550. The number of rotatable bonds is 4. The Morgan fingerprint density at radius 1 is 1.32 bits per heavy atom. The average molecular weight is 317 g/mol. The number of aromatic nitrogens is 1. The zero-order chi connectivity index (χ0) is 15.2. The van der Waals surface area contributed by atoms with Crippen LogP contribution in [0.4, 0.5) is 9.80 Å². The summed E-state index contributed by atoms with van der Waals surface area (Å²) >= 11 is 1.51. The van der Waals surface area contributed by atoms with Crippen LogP contribution in [-0.4, -0.2) is 24.2 Å². The largest absolute Gasteiger partial charge is 0.381 e. The number of hydrogen-bond donors (Lipinski definition) is 2. The molecule has 0 aromatic carbocycles. The van der Waals surface area contributed by atoms with Gasteiger partial charge in [-0.1, -0.05) is 6.07 Å². The summed E-state index contributed by atoms with van der Waals surface area (Å²) in [7, 11) is 0. The van der Waals surface area contributed by atoms with Crippen LogP contribution in [0.25, 0.3) is 0 Å². The number of amides is 2. The topological polar surface area (TPSA) is 63.2 Å². The van der Waals surface area contributed by atoms with Crippen molar-refractivity contribution in [1.29, 1.82) is 0 Å². The van der Waals surface area contributed by atoms with Crippen molar-refractivity contribution in [3.8, 4) is 0 Å².